The van der Waals surface area contributed by atoms with E-state index in [2.05, 4.69) is 5.32 Å². The zero-order valence-corrected chi connectivity index (χ0v) is 9.24. The van der Waals surface area contributed by atoms with Gasteiger partial charge in [-0.2, -0.15) is 8.78 Å². The average molecular weight is 233 g/mol. The van der Waals surface area contributed by atoms with Crippen molar-refractivity contribution in [1.29, 1.82) is 0 Å². The minimum absolute atomic E-state index is 0.0177. The molecule has 0 saturated heterocycles. The number of hydrogen-bond acceptors (Lipinski definition) is 1. The van der Waals surface area contributed by atoms with Gasteiger partial charge in [-0.1, -0.05) is 60.7 Å². The Labute approximate surface area is 99.1 Å². The van der Waals surface area contributed by atoms with Gasteiger partial charge in [-0.15, -0.1) is 0 Å². The van der Waals surface area contributed by atoms with Gasteiger partial charge >= 0.3 is 6.05 Å². The van der Waals surface area contributed by atoms with Crippen molar-refractivity contribution in [3.05, 3.63) is 71.8 Å². The number of hydrogen-bond donors (Lipinski definition) is 1. The molecule has 0 atom stereocenters. The first kappa shape index (κ1) is 11.7. The van der Waals surface area contributed by atoms with E-state index in [1.807, 2.05) is 30.3 Å². The highest BCUT2D eigenvalue weighted by atomic mass is 19.3. The Morgan fingerprint density at radius 3 is 1.94 bits per heavy atom. The minimum atomic E-state index is -3.00. The average Bonchev–Trinajstić information content (AvgIpc) is 2.39. The molecule has 0 aliphatic carbocycles. The predicted octanol–water partition coefficient (Wildman–Crippen LogP) is 3.53. The maximum Gasteiger partial charge on any atom is 0.329 e. The van der Waals surface area contributed by atoms with Crippen molar-refractivity contribution in [2.75, 3.05) is 0 Å². The van der Waals surface area contributed by atoms with Crippen LogP contribution < -0.4 is 5.32 Å². The smallest absolute Gasteiger partial charge is 0.250 e. The van der Waals surface area contributed by atoms with Crippen LogP contribution in [-0.2, 0) is 12.6 Å². The van der Waals surface area contributed by atoms with E-state index in [-0.39, 0.29) is 12.1 Å². The molecule has 0 aliphatic rings. The van der Waals surface area contributed by atoms with Gasteiger partial charge in [-0.25, -0.2) is 5.32 Å². The zero-order chi connectivity index (χ0) is 12.1. The molecule has 2 aromatic carbocycles. The maximum absolute atomic E-state index is 13.7. The third-order valence-electron chi connectivity index (χ3n) is 2.49. The summed E-state index contributed by atoms with van der Waals surface area (Å²) in [5.74, 6) is 0. The molecule has 3 heteroatoms. The molecular formula is C14H13F2N. The number of rotatable bonds is 4. The monoisotopic (exact) mass is 233 g/mol. The van der Waals surface area contributed by atoms with E-state index in [0.29, 0.717) is 0 Å². The van der Waals surface area contributed by atoms with E-state index in [9.17, 15) is 8.78 Å². The molecule has 0 aromatic heterocycles. The summed E-state index contributed by atoms with van der Waals surface area (Å²) in [6, 6.07) is 13.9. The molecule has 0 bridgehead atoms. The Balaban J connectivity index is 2.03. The summed E-state index contributed by atoms with van der Waals surface area (Å²) in [4.78, 5) is 0. The lowest BCUT2D eigenvalue weighted by Gasteiger charge is -2.18. The Kier molecular flexibility index (Phi) is 3.49. The van der Waals surface area contributed by atoms with Crippen LogP contribution in [0, 0.1) is 0 Å². The van der Waals surface area contributed by atoms with Crippen molar-refractivity contribution in [3.8, 4) is 0 Å². The molecule has 17 heavy (non-hydrogen) atoms. The summed E-state index contributed by atoms with van der Waals surface area (Å²) in [6.07, 6.45) is 0. The van der Waals surface area contributed by atoms with Crippen molar-refractivity contribution < 1.29 is 8.78 Å². The number of halogens is 2. The summed E-state index contributed by atoms with van der Waals surface area (Å²) in [6.45, 7) is 0.142. The van der Waals surface area contributed by atoms with Crippen LogP contribution in [0.2, 0.25) is 0 Å². The van der Waals surface area contributed by atoms with Gasteiger partial charge in [-0.3, -0.25) is 0 Å². The van der Waals surface area contributed by atoms with Crippen LogP contribution in [0.1, 0.15) is 11.1 Å². The Morgan fingerprint density at radius 2 is 1.35 bits per heavy atom. The highest BCUT2D eigenvalue weighted by Crippen LogP contribution is 2.24. The lowest BCUT2D eigenvalue weighted by molar-refractivity contribution is -0.0432. The first-order valence-electron chi connectivity index (χ1n) is 5.41. The molecule has 0 saturated carbocycles. The molecule has 0 fully saturated rings. The van der Waals surface area contributed by atoms with Crippen LogP contribution in [0.3, 0.4) is 0 Å². The highest BCUT2D eigenvalue weighted by molar-refractivity contribution is 5.20. The second-order valence-corrected chi connectivity index (χ2v) is 3.78. The molecule has 0 aliphatic heterocycles. The third-order valence-corrected chi connectivity index (χ3v) is 2.49. The van der Waals surface area contributed by atoms with Gasteiger partial charge in [0.1, 0.15) is 0 Å². The molecule has 2 aromatic rings. The van der Waals surface area contributed by atoms with E-state index in [4.69, 9.17) is 0 Å². The van der Waals surface area contributed by atoms with Gasteiger partial charge < -0.3 is 0 Å². The van der Waals surface area contributed by atoms with E-state index in [0.717, 1.165) is 5.56 Å². The van der Waals surface area contributed by atoms with Gasteiger partial charge in [0.25, 0.3) is 0 Å². The van der Waals surface area contributed by atoms with Gasteiger partial charge in [0.15, 0.2) is 0 Å². The summed E-state index contributed by atoms with van der Waals surface area (Å²) in [5.41, 5.74) is 0.819. The molecule has 1 N–H and O–H groups in total. The molecule has 0 heterocycles. The molecule has 1 nitrogen and oxygen atoms in total. The van der Waals surface area contributed by atoms with Crippen LogP contribution in [0.5, 0.6) is 0 Å². The lowest BCUT2D eigenvalue weighted by atomic mass is 10.1. The topological polar surface area (TPSA) is 12.0 Å². The highest BCUT2D eigenvalue weighted by Gasteiger charge is 2.30. The standard InChI is InChI=1S/C14H13F2N/c15-14(16,13-9-5-2-6-10-13)17-11-12-7-3-1-4-8-12/h1-10,17H,11H2. The normalized spacial score (nSPS) is 11.4. The van der Waals surface area contributed by atoms with E-state index >= 15 is 0 Å². The largest absolute Gasteiger partial charge is 0.329 e. The van der Waals surface area contributed by atoms with E-state index in [1.165, 1.54) is 12.1 Å². The lowest BCUT2D eigenvalue weighted by Crippen LogP contribution is -2.33. The zero-order valence-electron chi connectivity index (χ0n) is 9.24. The first-order chi connectivity index (χ1) is 8.18. The maximum atomic E-state index is 13.7. The van der Waals surface area contributed by atoms with Crippen LogP contribution in [-0.4, -0.2) is 0 Å². The van der Waals surface area contributed by atoms with Crippen molar-refractivity contribution in [3.63, 3.8) is 0 Å². The van der Waals surface area contributed by atoms with E-state index < -0.39 is 6.05 Å². The van der Waals surface area contributed by atoms with Crippen LogP contribution in [0.25, 0.3) is 0 Å². The van der Waals surface area contributed by atoms with Crippen LogP contribution in [0.4, 0.5) is 8.78 Å². The van der Waals surface area contributed by atoms with Gasteiger partial charge in [-0.05, 0) is 5.56 Å². The van der Waals surface area contributed by atoms with Gasteiger partial charge in [0, 0.05) is 12.1 Å². The molecule has 0 unspecified atom stereocenters. The fourth-order valence-electron chi connectivity index (χ4n) is 1.56. The Morgan fingerprint density at radius 1 is 0.824 bits per heavy atom. The van der Waals surface area contributed by atoms with Crippen molar-refractivity contribution in [1.82, 2.24) is 5.32 Å². The van der Waals surface area contributed by atoms with Crippen LogP contribution in [0.15, 0.2) is 60.7 Å². The second-order valence-electron chi connectivity index (χ2n) is 3.78. The molecule has 2 rings (SSSR count). The number of nitrogens with one attached hydrogen (secondary N) is 1. The Bertz CT molecular complexity index is 454. The summed E-state index contributed by atoms with van der Waals surface area (Å²) >= 11 is 0. The number of benzene rings is 2. The minimum Gasteiger partial charge on any atom is -0.250 e. The summed E-state index contributed by atoms with van der Waals surface area (Å²) in [5, 5.41) is 2.26. The summed E-state index contributed by atoms with van der Waals surface area (Å²) < 4.78 is 27.5. The fourth-order valence-corrected chi connectivity index (χ4v) is 1.56. The van der Waals surface area contributed by atoms with Crippen molar-refractivity contribution >= 4 is 0 Å². The third kappa shape index (κ3) is 3.11. The van der Waals surface area contributed by atoms with Gasteiger partial charge in [0.05, 0.1) is 0 Å². The molecule has 0 spiro atoms. The second kappa shape index (κ2) is 5.06. The van der Waals surface area contributed by atoms with Gasteiger partial charge in [0.2, 0.25) is 0 Å². The molecule has 0 radical (unpaired) electrons. The number of alkyl halides is 2. The fraction of sp³-hybridized carbons (Fsp3) is 0.143. The molecule has 0 amide bonds. The molecular weight excluding hydrogens is 220 g/mol. The SMILES string of the molecule is FC(F)(NCc1ccccc1)c1ccccc1. The predicted molar refractivity (Wildman–Crippen MR) is 63.6 cm³/mol. The van der Waals surface area contributed by atoms with Crippen molar-refractivity contribution in [2.24, 2.45) is 0 Å². The van der Waals surface area contributed by atoms with Crippen LogP contribution >= 0.6 is 0 Å². The summed E-state index contributed by atoms with van der Waals surface area (Å²) in [7, 11) is 0. The first-order valence-corrected chi connectivity index (χ1v) is 5.41. The van der Waals surface area contributed by atoms with Crippen molar-refractivity contribution in [2.45, 2.75) is 12.6 Å². The van der Waals surface area contributed by atoms with E-state index in [1.54, 1.807) is 18.2 Å². The Hall–Kier alpha value is -1.74. The quantitative estimate of drug-likeness (QED) is 0.797. The molecule has 88 valence electrons.